The smallest absolute Gasteiger partial charge is 0.267 e. The number of halogens is 1. The van der Waals surface area contributed by atoms with Crippen LogP contribution >= 0.6 is 22.9 Å². The van der Waals surface area contributed by atoms with E-state index in [0.29, 0.717) is 4.88 Å². The van der Waals surface area contributed by atoms with Gasteiger partial charge in [0, 0.05) is 16.5 Å². The van der Waals surface area contributed by atoms with Gasteiger partial charge in [0.25, 0.3) is 11.8 Å². The molecule has 2 amide bonds. The summed E-state index contributed by atoms with van der Waals surface area (Å²) in [4.78, 5) is 26.0. The molecule has 2 aromatic rings. The highest BCUT2D eigenvalue weighted by atomic mass is 35.5. The van der Waals surface area contributed by atoms with Gasteiger partial charge in [0.05, 0.1) is 9.90 Å². The highest BCUT2D eigenvalue weighted by Gasteiger charge is 2.29. The van der Waals surface area contributed by atoms with Gasteiger partial charge in [0.15, 0.2) is 0 Å². The largest absolute Gasteiger partial charge is 0.279 e. The molecule has 3 rings (SSSR count). The summed E-state index contributed by atoms with van der Waals surface area (Å²) < 4.78 is 27.3. The molecule has 3 N–H and O–H groups in total. The summed E-state index contributed by atoms with van der Waals surface area (Å²) in [7, 11) is -3.81. The lowest BCUT2D eigenvalue weighted by Crippen LogP contribution is -2.41. The topological polar surface area (TPSA) is 104 Å². The van der Waals surface area contributed by atoms with Gasteiger partial charge in [-0.15, -0.1) is 11.3 Å². The van der Waals surface area contributed by atoms with Crippen molar-refractivity contribution in [3.8, 4) is 0 Å². The van der Waals surface area contributed by atoms with E-state index >= 15 is 0 Å². The van der Waals surface area contributed by atoms with Crippen molar-refractivity contribution in [2.75, 3.05) is 0 Å². The zero-order valence-electron chi connectivity index (χ0n) is 15.3. The maximum Gasteiger partial charge on any atom is 0.279 e. The summed E-state index contributed by atoms with van der Waals surface area (Å²) in [5.41, 5.74) is 5.75. The van der Waals surface area contributed by atoms with E-state index in [-0.39, 0.29) is 21.5 Å². The van der Waals surface area contributed by atoms with Crippen molar-refractivity contribution in [1.29, 1.82) is 0 Å². The van der Waals surface area contributed by atoms with Crippen molar-refractivity contribution in [2.24, 2.45) is 0 Å². The number of hydrazine groups is 1. The van der Waals surface area contributed by atoms with Gasteiger partial charge >= 0.3 is 0 Å². The predicted molar refractivity (Wildman–Crippen MR) is 108 cm³/mol. The van der Waals surface area contributed by atoms with E-state index < -0.39 is 21.8 Å². The minimum absolute atomic E-state index is 0.0230. The molecule has 0 bridgehead atoms. The summed E-state index contributed by atoms with van der Waals surface area (Å²) in [5.74, 6) is -1.07. The Morgan fingerprint density at radius 3 is 2.46 bits per heavy atom. The van der Waals surface area contributed by atoms with Crippen LogP contribution < -0.4 is 15.6 Å². The third-order valence-electron chi connectivity index (χ3n) is 4.24. The molecular formula is C18H20ClN3O4S2. The highest BCUT2D eigenvalue weighted by Crippen LogP contribution is 2.27. The number of thiophene rings is 1. The normalized spacial score (nSPS) is 14.0. The number of hydrogen-bond acceptors (Lipinski definition) is 5. The minimum Gasteiger partial charge on any atom is -0.267 e. The Hall–Kier alpha value is -1.94. The summed E-state index contributed by atoms with van der Waals surface area (Å²) in [5, 5.41) is 0.0230. The summed E-state index contributed by atoms with van der Waals surface area (Å²) in [6, 6.07) is 5.61. The fraction of sp³-hybridized carbons (Fsp3) is 0.333. The summed E-state index contributed by atoms with van der Waals surface area (Å²) >= 11 is 7.37. The number of rotatable bonds is 6. The van der Waals surface area contributed by atoms with Crippen LogP contribution in [0, 0.1) is 6.92 Å². The lowest BCUT2D eigenvalue weighted by atomic mass is 10.2. The fourth-order valence-corrected chi connectivity index (χ4v) is 5.40. The molecule has 1 aromatic carbocycles. The molecule has 0 unspecified atom stereocenters. The number of nitrogens with one attached hydrogen (secondary N) is 3. The molecular weight excluding hydrogens is 422 g/mol. The molecule has 7 nitrogen and oxygen atoms in total. The highest BCUT2D eigenvalue weighted by molar-refractivity contribution is 7.89. The standard InChI is InChI=1S/C18H20ClN3O4S2/c1-3-14-10(2)8-15(27-14)18(24)21-20-17(23)11-4-7-13(19)16(9-11)28(25,26)22-12-5-6-12/h4,7-9,12,22H,3,5-6H2,1-2H3,(H,20,23)(H,21,24). The van der Waals surface area contributed by atoms with Crippen LogP contribution in [-0.4, -0.2) is 26.3 Å². The van der Waals surface area contributed by atoms with Gasteiger partial charge in [0.2, 0.25) is 10.0 Å². The number of sulfonamides is 1. The average Bonchev–Trinajstić information content (AvgIpc) is 3.37. The van der Waals surface area contributed by atoms with E-state index in [0.717, 1.165) is 29.7 Å². The zero-order chi connectivity index (χ0) is 20.5. The van der Waals surface area contributed by atoms with Crippen LogP contribution in [0.1, 0.15) is 50.2 Å². The van der Waals surface area contributed by atoms with E-state index in [2.05, 4.69) is 15.6 Å². The lowest BCUT2D eigenvalue weighted by Gasteiger charge is -2.10. The van der Waals surface area contributed by atoms with E-state index in [1.807, 2.05) is 13.8 Å². The maximum atomic E-state index is 12.4. The van der Waals surface area contributed by atoms with Crippen LogP contribution in [0.25, 0.3) is 0 Å². The Kier molecular flexibility index (Phi) is 6.09. The Morgan fingerprint density at radius 2 is 1.86 bits per heavy atom. The van der Waals surface area contributed by atoms with Crippen molar-refractivity contribution < 1.29 is 18.0 Å². The van der Waals surface area contributed by atoms with Crippen LogP contribution in [0.2, 0.25) is 5.02 Å². The Labute approximate surface area is 172 Å². The van der Waals surface area contributed by atoms with E-state index in [1.165, 1.54) is 29.5 Å². The second kappa shape index (κ2) is 8.20. The zero-order valence-corrected chi connectivity index (χ0v) is 17.7. The van der Waals surface area contributed by atoms with Gasteiger partial charge in [-0.2, -0.15) is 0 Å². The second-order valence-electron chi connectivity index (χ2n) is 6.52. The van der Waals surface area contributed by atoms with Gasteiger partial charge in [-0.25, -0.2) is 13.1 Å². The average molecular weight is 442 g/mol. The number of amides is 2. The molecule has 0 radical (unpaired) electrons. The third kappa shape index (κ3) is 4.72. The molecule has 150 valence electrons. The van der Waals surface area contributed by atoms with Crippen molar-refractivity contribution >= 4 is 44.8 Å². The number of carbonyl (C=O) groups is 2. The van der Waals surface area contributed by atoms with E-state index in [4.69, 9.17) is 11.6 Å². The molecule has 1 saturated carbocycles. The van der Waals surface area contributed by atoms with Crippen LogP contribution in [-0.2, 0) is 16.4 Å². The molecule has 0 aliphatic heterocycles. The van der Waals surface area contributed by atoms with Crippen LogP contribution in [0.4, 0.5) is 0 Å². The molecule has 0 spiro atoms. The molecule has 1 aromatic heterocycles. The number of benzene rings is 1. The van der Waals surface area contributed by atoms with Crippen molar-refractivity contribution in [1.82, 2.24) is 15.6 Å². The van der Waals surface area contributed by atoms with Crippen LogP contribution in [0.15, 0.2) is 29.2 Å². The number of hydrogen-bond donors (Lipinski definition) is 3. The Morgan fingerprint density at radius 1 is 1.18 bits per heavy atom. The molecule has 10 heteroatoms. The van der Waals surface area contributed by atoms with Crippen molar-refractivity contribution in [3.05, 3.63) is 50.2 Å². The first kappa shape index (κ1) is 20.8. The predicted octanol–water partition coefficient (Wildman–Crippen LogP) is 2.79. The lowest BCUT2D eigenvalue weighted by molar-refractivity contribution is 0.0848. The quantitative estimate of drug-likeness (QED) is 0.599. The van der Waals surface area contributed by atoms with Gasteiger partial charge in [-0.05, 0) is 56.0 Å². The first-order chi connectivity index (χ1) is 13.2. The molecule has 0 atom stereocenters. The second-order valence-corrected chi connectivity index (χ2v) is 9.75. The first-order valence-corrected chi connectivity index (χ1v) is 11.4. The number of aryl methyl sites for hydroxylation is 2. The molecule has 1 aliphatic rings. The SMILES string of the molecule is CCc1sc(C(=O)NNC(=O)c2ccc(Cl)c(S(=O)(=O)NC3CC3)c2)cc1C. The molecule has 0 saturated heterocycles. The summed E-state index contributed by atoms with van der Waals surface area (Å²) in [6.45, 7) is 3.93. The van der Waals surface area contributed by atoms with Crippen LogP contribution in [0.5, 0.6) is 0 Å². The minimum atomic E-state index is -3.81. The molecule has 1 heterocycles. The Balaban J connectivity index is 1.70. The van der Waals surface area contributed by atoms with E-state index in [9.17, 15) is 18.0 Å². The number of carbonyl (C=O) groups excluding carboxylic acids is 2. The van der Waals surface area contributed by atoms with Gasteiger partial charge in [-0.1, -0.05) is 18.5 Å². The van der Waals surface area contributed by atoms with Crippen molar-refractivity contribution in [3.63, 3.8) is 0 Å². The van der Waals surface area contributed by atoms with Gasteiger partial charge < -0.3 is 0 Å². The fourth-order valence-electron chi connectivity index (χ4n) is 2.56. The molecule has 1 aliphatic carbocycles. The first-order valence-electron chi connectivity index (χ1n) is 8.73. The Bertz CT molecular complexity index is 1030. The monoisotopic (exact) mass is 441 g/mol. The van der Waals surface area contributed by atoms with Crippen LogP contribution in [0.3, 0.4) is 0 Å². The molecule has 28 heavy (non-hydrogen) atoms. The summed E-state index contributed by atoms with van der Waals surface area (Å²) in [6.07, 6.45) is 2.39. The maximum absolute atomic E-state index is 12.4. The third-order valence-corrected chi connectivity index (χ3v) is 7.62. The molecule has 1 fully saturated rings. The van der Waals surface area contributed by atoms with Gasteiger partial charge in [-0.3, -0.25) is 20.4 Å². The van der Waals surface area contributed by atoms with Crippen molar-refractivity contribution in [2.45, 2.75) is 44.0 Å². The van der Waals surface area contributed by atoms with Gasteiger partial charge in [0.1, 0.15) is 4.90 Å². The van der Waals surface area contributed by atoms with E-state index in [1.54, 1.807) is 6.07 Å².